The minimum atomic E-state index is -0.212. The molecule has 2 aromatic carbocycles. The van der Waals surface area contributed by atoms with Crippen LogP contribution in [0.1, 0.15) is 96.8 Å². The number of hydrogen-bond donors (Lipinski definition) is 0. The van der Waals surface area contributed by atoms with Gasteiger partial charge >= 0.3 is 0 Å². The highest BCUT2D eigenvalue weighted by atomic mass is 31.1. The van der Waals surface area contributed by atoms with Gasteiger partial charge in [0.15, 0.2) is 0 Å². The van der Waals surface area contributed by atoms with Crippen LogP contribution in [-0.2, 0) is 0 Å². The van der Waals surface area contributed by atoms with Crippen LogP contribution in [0.3, 0.4) is 0 Å². The first kappa shape index (κ1) is 24.3. The molecule has 31 heavy (non-hydrogen) atoms. The lowest BCUT2D eigenvalue weighted by Gasteiger charge is -2.35. The lowest BCUT2D eigenvalue weighted by molar-refractivity contribution is 0.538. The van der Waals surface area contributed by atoms with Crippen LogP contribution in [0, 0.1) is 0 Å². The third-order valence-corrected chi connectivity index (χ3v) is 9.49. The Labute approximate surface area is 193 Å². The normalized spacial score (nSPS) is 13.3. The summed E-state index contributed by atoms with van der Waals surface area (Å²) in [7, 11) is 2.01. The molecule has 1 aliphatic rings. The molecule has 0 atom stereocenters. The van der Waals surface area contributed by atoms with Gasteiger partial charge in [-0.3, -0.25) is 0 Å². The number of benzene rings is 2. The summed E-state index contributed by atoms with van der Waals surface area (Å²) in [5, 5.41) is 3.15. The Hall–Kier alpha value is -1.33. The summed E-state index contributed by atoms with van der Waals surface area (Å²) in [4.78, 5) is 2.38. The molecule has 2 aromatic rings. The summed E-state index contributed by atoms with van der Waals surface area (Å²) < 4.78 is 0. The third-order valence-electron chi connectivity index (χ3n) is 6.80. The molecule has 0 saturated heterocycles. The van der Waals surface area contributed by atoms with E-state index >= 15 is 0 Å². The Morgan fingerprint density at radius 1 is 0.548 bits per heavy atom. The van der Waals surface area contributed by atoms with Crippen molar-refractivity contribution in [2.45, 2.75) is 96.8 Å². The molecule has 2 heteroatoms. The van der Waals surface area contributed by atoms with Crippen LogP contribution < -0.4 is 15.5 Å². The van der Waals surface area contributed by atoms with Gasteiger partial charge in [-0.15, -0.1) is 0 Å². The fourth-order valence-corrected chi connectivity index (χ4v) is 7.73. The van der Waals surface area contributed by atoms with Gasteiger partial charge in [-0.1, -0.05) is 127 Å². The van der Waals surface area contributed by atoms with E-state index in [1.165, 1.54) is 107 Å². The predicted molar refractivity (Wildman–Crippen MR) is 142 cm³/mol. The van der Waals surface area contributed by atoms with E-state index in [0.29, 0.717) is 0 Å². The number of fused-ring (bicyclic) bond motifs is 2. The predicted octanol–water partition coefficient (Wildman–Crippen LogP) is 8.68. The number of para-hydroxylation sites is 2. The van der Waals surface area contributed by atoms with Crippen LogP contribution in [0.5, 0.6) is 0 Å². The van der Waals surface area contributed by atoms with Gasteiger partial charge in [0, 0.05) is 29.0 Å². The Balaban J connectivity index is 1.31. The Kier molecular flexibility index (Phi) is 10.9. The first-order valence-corrected chi connectivity index (χ1v) is 14.5. The van der Waals surface area contributed by atoms with Gasteiger partial charge in [-0.2, -0.15) is 0 Å². The second-order valence-electron chi connectivity index (χ2n) is 9.28. The van der Waals surface area contributed by atoms with Crippen LogP contribution in [0.15, 0.2) is 48.5 Å². The molecule has 1 nitrogen and oxygen atoms in total. The molecule has 0 N–H and O–H groups in total. The second-order valence-corrected chi connectivity index (χ2v) is 11.6. The van der Waals surface area contributed by atoms with Crippen LogP contribution in [0.25, 0.3) is 0 Å². The zero-order chi connectivity index (χ0) is 21.7. The number of anilines is 2. The van der Waals surface area contributed by atoms with Crippen LogP contribution in [0.2, 0.25) is 0 Å². The van der Waals surface area contributed by atoms with Crippen molar-refractivity contribution in [1.29, 1.82) is 0 Å². The molecule has 0 amide bonds. The maximum Gasteiger partial charge on any atom is 0.0489 e. The van der Waals surface area contributed by atoms with Crippen molar-refractivity contribution in [3.8, 4) is 0 Å². The van der Waals surface area contributed by atoms with Gasteiger partial charge in [-0.25, -0.2) is 0 Å². The zero-order valence-corrected chi connectivity index (χ0v) is 21.0. The summed E-state index contributed by atoms with van der Waals surface area (Å²) in [6.45, 7) is 2.30. The maximum absolute atomic E-state index is 2.38. The number of rotatable bonds is 15. The molecule has 0 radical (unpaired) electrons. The molecule has 0 aromatic heterocycles. The molecule has 0 spiro atoms. The number of nitrogens with zero attached hydrogens (tertiary/aromatic N) is 1. The number of hydrogen-bond acceptors (Lipinski definition) is 1. The minimum Gasteiger partial charge on any atom is -0.344 e. The van der Waals surface area contributed by atoms with Crippen LogP contribution >= 0.6 is 7.92 Å². The summed E-state index contributed by atoms with van der Waals surface area (Å²) in [6, 6.07) is 18.2. The van der Waals surface area contributed by atoms with Crippen molar-refractivity contribution >= 4 is 29.9 Å². The fraction of sp³-hybridized carbons (Fsp3) is 0.586. The maximum atomic E-state index is 2.38. The Bertz CT molecular complexity index is 708. The van der Waals surface area contributed by atoms with E-state index in [-0.39, 0.29) is 7.92 Å². The van der Waals surface area contributed by atoms with Gasteiger partial charge in [-0.05, 0) is 32.6 Å². The van der Waals surface area contributed by atoms with Gasteiger partial charge in [0.1, 0.15) is 0 Å². The second kappa shape index (κ2) is 13.9. The first-order valence-electron chi connectivity index (χ1n) is 13.0. The summed E-state index contributed by atoms with van der Waals surface area (Å²) in [6.07, 6.45) is 21.4. The average molecular weight is 438 g/mol. The monoisotopic (exact) mass is 437 g/mol. The molecular formula is C29H44NP. The first-order chi connectivity index (χ1) is 15.3. The van der Waals surface area contributed by atoms with Gasteiger partial charge in [0.2, 0.25) is 0 Å². The highest BCUT2D eigenvalue weighted by molar-refractivity contribution is 7.73. The largest absolute Gasteiger partial charge is 0.344 e. The number of unbranched alkanes of at least 4 members (excludes halogenated alkanes) is 13. The zero-order valence-electron chi connectivity index (χ0n) is 20.1. The van der Waals surface area contributed by atoms with Crippen molar-refractivity contribution < 1.29 is 0 Å². The van der Waals surface area contributed by atoms with Crippen molar-refractivity contribution in [3.05, 3.63) is 48.5 Å². The van der Waals surface area contributed by atoms with E-state index in [2.05, 4.69) is 67.4 Å². The SMILES string of the molecule is CCCCCCCCCCCCCCCCP1c2ccccc2N(C)c2ccccc21. The fourth-order valence-electron chi connectivity index (χ4n) is 4.92. The lowest BCUT2D eigenvalue weighted by atomic mass is 10.0. The van der Waals surface area contributed by atoms with Crippen molar-refractivity contribution in [3.63, 3.8) is 0 Å². The molecule has 0 fully saturated rings. The quantitative estimate of drug-likeness (QED) is 0.199. The van der Waals surface area contributed by atoms with Crippen LogP contribution in [0.4, 0.5) is 11.4 Å². The van der Waals surface area contributed by atoms with Crippen molar-refractivity contribution in [1.82, 2.24) is 0 Å². The molecule has 0 bridgehead atoms. The molecule has 170 valence electrons. The summed E-state index contributed by atoms with van der Waals surface area (Å²) in [5.74, 6) is 0. The smallest absolute Gasteiger partial charge is 0.0489 e. The van der Waals surface area contributed by atoms with Gasteiger partial charge in [0.05, 0.1) is 0 Å². The molecule has 0 aliphatic carbocycles. The van der Waals surface area contributed by atoms with Crippen molar-refractivity contribution in [2.75, 3.05) is 18.1 Å². The van der Waals surface area contributed by atoms with E-state index in [4.69, 9.17) is 0 Å². The Morgan fingerprint density at radius 3 is 1.39 bits per heavy atom. The van der Waals surface area contributed by atoms with E-state index < -0.39 is 0 Å². The molecular weight excluding hydrogens is 393 g/mol. The highest BCUT2D eigenvalue weighted by Crippen LogP contribution is 2.46. The average Bonchev–Trinajstić information content (AvgIpc) is 2.81. The van der Waals surface area contributed by atoms with Crippen molar-refractivity contribution in [2.24, 2.45) is 0 Å². The summed E-state index contributed by atoms with van der Waals surface area (Å²) in [5.41, 5.74) is 2.83. The van der Waals surface area contributed by atoms with E-state index in [1.807, 2.05) is 0 Å². The molecule has 1 heterocycles. The molecule has 3 rings (SSSR count). The van der Waals surface area contributed by atoms with E-state index in [0.717, 1.165) is 0 Å². The highest BCUT2D eigenvalue weighted by Gasteiger charge is 2.27. The Morgan fingerprint density at radius 2 is 0.935 bits per heavy atom. The molecule has 0 unspecified atom stereocenters. The minimum absolute atomic E-state index is 0.212. The molecule has 1 aliphatic heterocycles. The van der Waals surface area contributed by atoms with Crippen LogP contribution in [-0.4, -0.2) is 13.2 Å². The van der Waals surface area contributed by atoms with Gasteiger partial charge < -0.3 is 4.90 Å². The summed E-state index contributed by atoms with van der Waals surface area (Å²) >= 11 is 0. The van der Waals surface area contributed by atoms with E-state index in [1.54, 1.807) is 10.6 Å². The van der Waals surface area contributed by atoms with E-state index in [9.17, 15) is 0 Å². The topological polar surface area (TPSA) is 3.24 Å². The van der Waals surface area contributed by atoms with Gasteiger partial charge in [0.25, 0.3) is 0 Å². The lowest BCUT2D eigenvalue weighted by Crippen LogP contribution is -2.31. The third kappa shape index (κ3) is 7.35. The standard InChI is InChI=1S/C29H44NP/c1-3-4-5-6-7-8-9-10-11-12-13-14-15-20-25-31-28-23-18-16-21-26(28)30(2)27-22-17-19-24-29(27)31/h16-19,21-24H,3-15,20,25H2,1-2H3. The molecule has 0 saturated carbocycles.